The monoisotopic (exact) mass is 335 g/mol. The molecule has 4 heteroatoms. The normalized spacial score (nSPS) is 11.0. The number of fused-ring (bicyclic) bond motifs is 1. The van der Waals surface area contributed by atoms with Gasteiger partial charge in [-0.25, -0.2) is 0 Å². The number of aromatic nitrogens is 1. The van der Waals surface area contributed by atoms with Gasteiger partial charge in [0.15, 0.2) is 0 Å². The highest BCUT2D eigenvalue weighted by atomic mass is 16.4. The topological polar surface area (TPSA) is 59.3 Å². The van der Waals surface area contributed by atoms with Crippen molar-refractivity contribution in [3.05, 3.63) is 69.6 Å². The molecule has 1 N–H and O–H groups in total. The van der Waals surface area contributed by atoms with Crippen LogP contribution in [0, 0.1) is 13.8 Å². The number of carboxylic acid groups (broad SMARTS) is 1. The zero-order valence-electron chi connectivity index (χ0n) is 14.7. The molecular formula is C21H21NO3. The SMILES string of the molecule is Cc1cc2c(-c3ccccc3)c(CCC(=O)O)n(C)c(=O)c2cc1C. The summed E-state index contributed by atoms with van der Waals surface area (Å²) < 4.78 is 1.60. The van der Waals surface area contributed by atoms with E-state index in [9.17, 15) is 9.59 Å². The Balaban J connectivity index is 2.43. The molecule has 0 radical (unpaired) electrons. The fourth-order valence-electron chi connectivity index (χ4n) is 3.27. The highest BCUT2D eigenvalue weighted by Gasteiger charge is 2.17. The van der Waals surface area contributed by atoms with E-state index in [0.717, 1.165) is 33.3 Å². The Labute approximate surface area is 146 Å². The van der Waals surface area contributed by atoms with Gasteiger partial charge in [0.05, 0.1) is 6.42 Å². The van der Waals surface area contributed by atoms with Crippen molar-refractivity contribution in [2.45, 2.75) is 26.7 Å². The van der Waals surface area contributed by atoms with Crippen molar-refractivity contribution in [2.75, 3.05) is 0 Å². The molecule has 0 atom stereocenters. The molecule has 1 heterocycles. The van der Waals surface area contributed by atoms with Gasteiger partial charge in [0.1, 0.15) is 0 Å². The van der Waals surface area contributed by atoms with E-state index in [1.54, 1.807) is 11.6 Å². The number of carboxylic acids is 1. The maximum Gasteiger partial charge on any atom is 0.303 e. The summed E-state index contributed by atoms with van der Waals surface area (Å²) in [5, 5.41) is 10.7. The number of rotatable bonds is 4. The number of hydrogen-bond acceptors (Lipinski definition) is 2. The fourth-order valence-corrected chi connectivity index (χ4v) is 3.27. The number of benzene rings is 2. The molecule has 0 aliphatic carbocycles. The Morgan fingerprint density at radius 3 is 2.24 bits per heavy atom. The van der Waals surface area contributed by atoms with Gasteiger partial charge < -0.3 is 9.67 Å². The minimum Gasteiger partial charge on any atom is -0.481 e. The quantitative estimate of drug-likeness (QED) is 0.788. The second-order valence-corrected chi connectivity index (χ2v) is 6.43. The van der Waals surface area contributed by atoms with Crippen LogP contribution < -0.4 is 5.56 Å². The van der Waals surface area contributed by atoms with Crippen molar-refractivity contribution in [3.8, 4) is 11.1 Å². The summed E-state index contributed by atoms with van der Waals surface area (Å²) in [4.78, 5) is 23.9. The van der Waals surface area contributed by atoms with Gasteiger partial charge in [-0.1, -0.05) is 36.4 Å². The molecule has 0 spiro atoms. The molecular weight excluding hydrogens is 314 g/mol. The average Bonchev–Trinajstić information content (AvgIpc) is 2.59. The predicted molar refractivity (Wildman–Crippen MR) is 100 cm³/mol. The van der Waals surface area contributed by atoms with E-state index in [2.05, 4.69) is 0 Å². The highest BCUT2D eigenvalue weighted by Crippen LogP contribution is 2.32. The Bertz CT molecular complexity index is 1020. The first-order valence-corrected chi connectivity index (χ1v) is 8.30. The van der Waals surface area contributed by atoms with Crippen LogP contribution in [0.5, 0.6) is 0 Å². The molecule has 0 saturated carbocycles. The van der Waals surface area contributed by atoms with Gasteiger partial charge in [-0.15, -0.1) is 0 Å². The van der Waals surface area contributed by atoms with Crippen LogP contribution in [0.3, 0.4) is 0 Å². The minimum absolute atomic E-state index is 0.0105. The van der Waals surface area contributed by atoms with E-state index in [1.807, 2.05) is 56.3 Å². The maximum absolute atomic E-state index is 12.9. The molecule has 1 aromatic heterocycles. The van der Waals surface area contributed by atoms with Crippen LogP contribution >= 0.6 is 0 Å². The van der Waals surface area contributed by atoms with Crippen LogP contribution in [0.4, 0.5) is 0 Å². The lowest BCUT2D eigenvalue weighted by Crippen LogP contribution is -2.22. The van der Waals surface area contributed by atoms with Crippen LogP contribution in [0.1, 0.15) is 23.2 Å². The zero-order chi connectivity index (χ0) is 18.1. The van der Waals surface area contributed by atoms with Crippen molar-refractivity contribution in [2.24, 2.45) is 7.05 Å². The van der Waals surface area contributed by atoms with Crippen molar-refractivity contribution in [1.82, 2.24) is 4.57 Å². The summed E-state index contributed by atoms with van der Waals surface area (Å²) in [5.74, 6) is -0.869. The predicted octanol–water partition coefficient (Wildman–Crippen LogP) is 3.84. The van der Waals surface area contributed by atoms with E-state index in [4.69, 9.17) is 5.11 Å². The van der Waals surface area contributed by atoms with Crippen molar-refractivity contribution >= 4 is 16.7 Å². The zero-order valence-corrected chi connectivity index (χ0v) is 14.7. The van der Waals surface area contributed by atoms with Crippen LogP contribution in [-0.4, -0.2) is 15.6 Å². The Hall–Kier alpha value is -2.88. The van der Waals surface area contributed by atoms with Gasteiger partial charge >= 0.3 is 5.97 Å². The first-order chi connectivity index (χ1) is 11.9. The molecule has 0 fully saturated rings. The Morgan fingerprint density at radius 2 is 1.64 bits per heavy atom. The third-order valence-corrected chi connectivity index (χ3v) is 4.77. The summed E-state index contributed by atoms with van der Waals surface area (Å²) in [6.07, 6.45) is 0.303. The van der Waals surface area contributed by atoms with Gasteiger partial charge in [-0.2, -0.15) is 0 Å². The molecule has 0 aliphatic heterocycles. The van der Waals surface area contributed by atoms with E-state index in [0.29, 0.717) is 11.8 Å². The lowest BCUT2D eigenvalue weighted by molar-refractivity contribution is -0.136. The highest BCUT2D eigenvalue weighted by molar-refractivity contribution is 5.98. The third kappa shape index (κ3) is 3.07. The van der Waals surface area contributed by atoms with Crippen molar-refractivity contribution in [3.63, 3.8) is 0 Å². The molecule has 0 saturated heterocycles. The second-order valence-electron chi connectivity index (χ2n) is 6.43. The average molecular weight is 335 g/mol. The van der Waals surface area contributed by atoms with Gasteiger partial charge in [0.25, 0.3) is 5.56 Å². The van der Waals surface area contributed by atoms with E-state index in [-0.39, 0.29) is 12.0 Å². The Kier molecular flexibility index (Phi) is 4.45. The lowest BCUT2D eigenvalue weighted by atomic mass is 9.92. The summed E-state index contributed by atoms with van der Waals surface area (Å²) in [6, 6.07) is 13.8. The number of pyridine rings is 1. The maximum atomic E-state index is 12.9. The molecule has 0 aliphatic rings. The number of aliphatic carboxylic acids is 1. The van der Waals surface area contributed by atoms with Crippen LogP contribution in [-0.2, 0) is 18.3 Å². The number of aryl methyl sites for hydroxylation is 2. The number of nitrogens with zero attached hydrogens (tertiary/aromatic N) is 1. The molecule has 3 rings (SSSR count). The molecule has 4 nitrogen and oxygen atoms in total. The van der Waals surface area contributed by atoms with E-state index in [1.165, 1.54) is 0 Å². The van der Waals surface area contributed by atoms with Gasteiger partial charge in [0.2, 0.25) is 0 Å². The van der Waals surface area contributed by atoms with E-state index >= 15 is 0 Å². The first-order valence-electron chi connectivity index (χ1n) is 8.30. The fraction of sp³-hybridized carbons (Fsp3) is 0.238. The number of carbonyl (C=O) groups is 1. The molecule has 0 bridgehead atoms. The summed E-state index contributed by atoms with van der Waals surface area (Å²) >= 11 is 0. The van der Waals surface area contributed by atoms with Gasteiger partial charge in [0, 0.05) is 23.7 Å². The minimum atomic E-state index is -0.869. The first kappa shape index (κ1) is 17.0. The standard InChI is InChI=1S/C21H21NO3/c1-13-11-16-17(12-14(13)2)21(25)22(3)18(9-10-19(23)24)20(16)15-7-5-4-6-8-15/h4-8,11-12H,9-10H2,1-3H3,(H,23,24). The van der Waals surface area contributed by atoms with Crippen molar-refractivity contribution in [1.29, 1.82) is 0 Å². The van der Waals surface area contributed by atoms with Gasteiger partial charge in [-0.05, 0) is 48.4 Å². The Morgan fingerprint density at radius 1 is 1.04 bits per heavy atom. The van der Waals surface area contributed by atoms with Crippen LogP contribution in [0.2, 0.25) is 0 Å². The lowest BCUT2D eigenvalue weighted by Gasteiger charge is -2.18. The molecule has 25 heavy (non-hydrogen) atoms. The third-order valence-electron chi connectivity index (χ3n) is 4.77. The largest absolute Gasteiger partial charge is 0.481 e. The molecule has 2 aromatic carbocycles. The molecule has 0 unspecified atom stereocenters. The second kappa shape index (κ2) is 6.55. The molecule has 3 aromatic rings. The van der Waals surface area contributed by atoms with Gasteiger partial charge in [-0.3, -0.25) is 9.59 Å². The van der Waals surface area contributed by atoms with Crippen LogP contribution in [0.15, 0.2) is 47.3 Å². The summed E-state index contributed by atoms with van der Waals surface area (Å²) in [6.45, 7) is 4.02. The molecule has 128 valence electrons. The van der Waals surface area contributed by atoms with E-state index < -0.39 is 5.97 Å². The smallest absolute Gasteiger partial charge is 0.303 e. The molecule has 0 amide bonds. The summed E-state index contributed by atoms with van der Waals surface area (Å²) in [5.41, 5.74) is 4.80. The van der Waals surface area contributed by atoms with Crippen LogP contribution in [0.25, 0.3) is 21.9 Å². The number of hydrogen-bond donors (Lipinski definition) is 1. The summed E-state index contributed by atoms with van der Waals surface area (Å²) in [7, 11) is 1.72. The van der Waals surface area contributed by atoms with Crippen molar-refractivity contribution < 1.29 is 9.90 Å².